The number of primary amides is 1. The Morgan fingerprint density at radius 1 is 1.56 bits per heavy atom. The van der Waals surface area contributed by atoms with E-state index in [-0.39, 0.29) is 11.9 Å². The summed E-state index contributed by atoms with van der Waals surface area (Å²) in [5, 5.41) is 3.05. The second-order valence-electron chi connectivity index (χ2n) is 3.81. The lowest BCUT2D eigenvalue weighted by atomic mass is 10.1. The van der Waals surface area contributed by atoms with Crippen molar-refractivity contribution in [3.63, 3.8) is 0 Å². The van der Waals surface area contributed by atoms with Gasteiger partial charge in [-0.15, -0.1) is 0 Å². The van der Waals surface area contributed by atoms with Gasteiger partial charge in [0.1, 0.15) is 5.75 Å². The Labute approximate surface area is 95.8 Å². The van der Waals surface area contributed by atoms with Crippen molar-refractivity contribution in [2.75, 3.05) is 7.11 Å². The number of amides is 1. The number of benzene rings is 1. The van der Waals surface area contributed by atoms with Crippen molar-refractivity contribution in [1.29, 1.82) is 0 Å². The lowest BCUT2D eigenvalue weighted by Gasteiger charge is -2.11. The molecule has 0 saturated heterocycles. The molecule has 1 atom stereocenters. The fourth-order valence-corrected chi connectivity index (χ4v) is 1.42. The summed E-state index contributed by atoms with van der Waals surface area (Å²) in [6.45, 7) is 4.35. The quantitative estimate of drug-likeness (QED) is 0.780. The molecule has 0 heterocycles. The predicted molar refractivity (Wildman–Crippen MR) is 63.2 cm³/mol. The third-order valence-corrected chi connectivity index (χ3v) is 2.50. The van der Waals surface area contributed by atoms with Crippen LogP contribution in [-0.4, -0.2) is 19.1 Å². The van der Waals surface area contributed by atoms with Crippen LogP contribution in [0.2, 0.25) is 0 Å². The summed E-state index contributed by atoms with van der Waals surface area (Å²) in [7, 11) is 1.65. The first-order valence-corrected chi connectivity index (χ1v) is 5.21. The van der Waals surface area contributed by atoms with Crippen LogP contribution in [0, 0.1) is 6.92 Å². The SMILES string of the molecule is COc1ccc(CNC(C)C(N)=O)cc1C. The van der Waals surface area contributed by atoms with E-state index in [0.717, 1.165) is 16.9 Å². The molecule has 0 bridgehead atoms. The lowest BCUT2D eigenvalue weighted by molar-refractivity contribution is -0.119. The molecule has 0 spiro atoms. The fraction of sp³-hybridized carbons (Fsp3) is 0.417. The van der Waals surface area contributed by atoms with E-state index in [9.17, 15) is 4.79 Å². The first-order valence-electron chi connectivity index (χ1n) is 5.21. The number of nitrogens with two attached hydrogens (primary N) is 1. The highest BCUT2D eigenvalue weighted by atomic mass is 16.5. The molecule has 4 heteroatoms. The number of ether oxygens (including phenoxy) is 1. The maximum atomic E-state index is 10.8. The number of methoxy groups -OCH3 is 1. The molecule has 3 N–H and O–H groups in total. The Balaban J connectivity index is 2.62. The highest BCUT2D eigenvalue weighted by Crippen LogP contribution is 2.18. The fourth-order valence-electron chi connectivity index (χ4n) is 1.42. The highest BCUT2D eigenvalue weighted by Gasteiger charge is 2.07. The van der Waals surface area contributed by atoms with E-state index >= 15 is 0 Å². The van der Waals surface area contributed by atoms with E-state index in [2.05, 4.69) is 5.32 Å². The third kappa shape index (κ3) is 3.24. The van der Waals surface area contributed by atoms with Crippen LogP contribution in [-0.2, 0) is 11.3 Å². The summed E-state index contributed by atoms with van der Waals surface area (Å²) in [4.78, 5) is 10.8. The number of nitrogens with one attached hydrogen (secondary N) is 1. The van der Waals surface area contributed by atoms with Crippen molar-refractivity contribution in [3.8, 4) is 5.75 Å². The van der Waals surface area contributed by atoms with Gasteiger partial charge >= 0.3 is 0 Å². The summed E-state index contributed by atoms with van der Waals surface area (Å²) >= 11 is 0. The summed E-state index contributed by atoms with van der Waals surface area (Å²) < 4.78 is 5.17. The molecule has 0 aromatic heterocycles. The van der Waals surface area contributed by atoms with Crippen molar-refractivity contribution in [3.05, 3.63) is 29.3 Å². The minimum atomic E-state index is -0.342. The molecule has 0 saturated carbocycles. The number of carbonyl (C=O) groups is 1. The van der Waals surface area contributed by atoms with Crippen LogP contribution in [0.25, 0.3) is 0 Å². The molecule has 0 radical (unpaired) electrons. The molecule has 1 amide bonds. The smallest absolute Gasteiger partial charge is 0.234 e. The zero-order chi connectivity index (χ0) is 12.1. The van der Waals surface area contributed by atoms with Crippen LogP contribution in [0.4, 0.5) is 0 Å². The van der Waals surface area contributed by atoms with Gasteiger partial charge in [0.25, 0.3) is 0 Å². The average Bonchev–Trinajstić information content (AvgIpc) is 2.25. The minimum Gasteiger partial charge on any atom is -0.496 e. The van der Waals surface area contributed by atoms with E-state index in [1.54, 1.807) is 14.0 Å². The number of hydrogen-bond acceptors (Lipinski definition) is 3. The lowest BCUT2D eigenvalue weighted by Crippen LogP contribution is -2.38. The number of hydrogen-bond donors (Lipinski definition) is 2. The average molecular weight is 222 g/mol. The number of carbonyl (C=O) groups excluding carboxylic acids is 1. The first kappa shape index (κ1) is 12.5. The molecule has 88 valence electrons. The van der Waals surface area contributed by atoms with Crippen molar-refractivity contribution in [2.24, 2.45) is 5.73 Å². The molecule has 16 heavy (non-hydrogen) atoms. The molecule has 1 aromatic rings. The van der Waals surface area contributed by atoms with Crippen molar-refractivity contribution in [1.82, 2.24) is 5.32 Å². The van der Waals surface area contributed by atoms with Gasteiger partial charge in [0.15, 0.2) is 0 Å². The Hall–Kier alpha value is -1.55. The summed E-state index contributed by atoms with van der Waals surface area (Å²) in [5.74, 6) is 0.525. The summed E-state index contributed by atoms with van der Waals surface area (Å²) in [6.07, 6.45) is 0. The molecule has 0 aliphatic rings. The van der Waals surface area contributed by atoms with Crippen LogP contribution < -0.4 is 15.8 Å². The second-order valence-corrected chi connectivity index (χ2v) is 3.81. The normalized spacial score (nSPS) is 12.2. The van der Waals surface area contributed by atoms with Crippen molar-refractivity contribution < 1.29 is 9.53 Å². The molecule has 0 fully saturated rings. The van der Waals surface area contributed by atoms with Crippen molar-refractivity contribution >= 4 is 5.91 Å². The van der Waals surface area contributed by atoms with E-state index in [1.807, 2.05) is 25.1 Å². The molecule has 4 nitrogen and oxygen atoms in total. The standard InChI is InChI=1S/C12H18N2O2/c1-8-6-10(4-5-11(8)16-3)7-14-9(2)12(13)15/h4-6,9,14H,7H2,1-3H3,(H2,13,15). The van der Waals surface area contributed by atoms with Gasteiger partial charge < -0.3 is 15.8 Å². The van der Waals surface area contributed by atoms with Gasteiger partial charge in [-0.05, 0) is 31.0 Å². The van der Waals surface area contributed by atoms with Crippen LogP contribution in [0.3, 0.4) is 0 Å². The molecule has 0 aliphatic heterocycles. The van der Waals surface area contributed by atoms with Gasteiger partial charge in [-0.3, -0.25) is 4.79 Å². The topological polar surface area (TPSA) is 64.3 Å². The highest BCUT2D eigenvalue weighted by molar-refractivity contribution is 5.79. The Kier molecular flexibility index (Phi) is 4.31. The van der Waals surface area contributed by atoms with E-state index < -0.39 is 0 Å². The zero-order valence-corrected chi connectivity index (χ0v) is 9.91. The maximum Gasteiger partial charge on any atom is 0.234 e. The third-order valence-electron chi connectivity index (χ3n) is 2.50. The second kappa shape index (κ2) is 5.51. The zero-order valence-electron chi connectivity index (χ0n) is 9.91. The number of aryl methyl sites for hydroxylation is 1. The van der Waals surface area contributed by atoms with Crippen LogP contribution >= 0.6 is 0 Å². The molecule has 1 unspecified atom stereocenters. The molecule has 1 rings (SSSR count). The van der Waals surface area contributed by atoms with Gasteiger partial charge in [0.05, 0.1) is 13.2 Å². The van der Waals surface area contributed by atoms with Gasteiger partial charge in [-0.25, -0.2) is 0 Å². The van der Waals surface area contributed by atoms with E-state index in [1.165, 1.54) is 0 Å². The van der Waals surface area contributed by atoms with Gasteiger partial charge in [-0.2, -0.15) is 0 Å². The molecule has 0 aliphatic carbocycles. The minimum absolute atomic E-state index is 0.317. The molecular formula is C12H18N2O2. The molecule has 1 aromatic carbocycles. The molecular weight excluding hydrogens is 204 g/mol. The first-order chi connectivity index (χ1) is 7.54. The van der Waals surface area contributed by atoms with Crippen LogP contribution in [0.15, 0.2) is 18.2 Å². The Morgan fingerprint density at radius 3 is 2.75 bits per heavy atom. The van der Waals surface area contributed by atoms with E-state index in [0.29, 0.717) is 6.54 Å². The predicted octanol–water partition coefficient (Wildman–Crippen LogP) is 0.967. The van der Waals surface area contributed by atoms with E-state index in [4.69, 9.17) is 10.5 Å². The van der Waals surface area contributed by atoms with Gasteiger partial charge in [0.2, 0.25) is 5.91 Å². The maximum absolute atomic E-state index is 10.8. The Morgan fingerprint density at radius 2 is 2.25 bits per heavy atom. The number of rotatable bonds is 5. The monoisotopic (exact) mass is 222 g/mol. The van der Waals surface area contributed by atoms with Gasteiger partial charge in [-0.1, -0.05) is 12.1 Å². The summed E-state index contributed by atoms with van der Waals surface area (Å²) in [6, 6.07) is 5.59. The van der Waals surface area contributed by atoms with Crippen LogP contribution in [0.1, 0.15) is 18.1 Å². The van der Waals surface area contributed by atoms with Crippen molar-refractivity contribution in [2.45, 2.75) is 26.4 Å². The largest absolute Gasteiger partial charge is 0.496 e. The summed E-state index contributed by atoms with van der Waals surface area (Å²) in [5.41, 5.74) is 7.33. The van der Waals surface area contributed by atoms with Gasteiger partial charge in [0, 0.05) is 6.54 Å². The Bertz CT molecular complexity index is 377. The van der Waals surface area contributed by atoms with Crippen LogP contribution in [0.5, 0.6) is 5.75 Å².